The van der Waals surface area contributed by atoms with Gasteiger partial charge in [0.1, 0.15) is 5.02 Å². The summed E-state index contributed by atoms with van der Waals surface area (Å²) < 4.78 is 23.5. The molecule has 1 aliphatic rings. The van der Waals surface area contributed by atoms with E-state index < -0.39 is 11.9 Å². The predicted octanol–water partition coefficient (Wildman–Crippen LogP) is 2.26. The van der Waals surface area contributed by atoms with Gasteiger partial charge in [0, 0.05) is 5.56 Å². The molecule has 2 rings (SSSR count). The molecule has 1 aromatic rings. The average molecular weight is 219 g/mol. The maximum atomic E-state index is 13.5. The lowest BCUT2D eigenvalue weighted by atomic mass is 10.1. The van der Waals surface area contributed by atoms with Crippen LogP contribution in [0.3, 0.4) is 0 Å². The number of aliphatic hydroxyl groups excluding tert-OH is 1. The highest BCUT2D eigenvalue weighted by atomic mass is 35.5. The highest BCUT2D eigenvalue weighted by Gasteiger charge is 2.24. The summed E-state index contributed by atoms with van der Waals surface area (Å²) in [5.41, 5.74) is 0.110. The number of hydrogen-bond acceptors (Lipinski definition) is 3. The molecule has 0 bridgehead atoms. The Morgan fingerprint density at radius 1 is 1.57 bits per heavy atom. The monoisotopic (exact) mass is 218 g/mol. The van der Waals surface area contributed by atoms with Gasteiger partial charge < -0.3 is 14.6 Å². The molecule has 14 heavy (non-hydrogen) atoms. The van der Waals surface area contributed by atoms with E-state index in [4.69, 9.17) is 21.1 Å². The Labute approximate surface area is 85.0 Å². The Morgan fingerprint density at radius 2 is 2.29 bits per heavy atom. The summed E-state index contributed by atoms with van der Waals surface area (Å²) in [6, 6.07) is 1.40. The van der Waals surface area contributed by atoms with E-state index >= 15 is 0 Å². The fourth-order valence-corrected chi connectivity index (χ4v) is 1.56. The zero-order valence-electron chi connectivity index (χ0n) is 7.38. The van der Waals surface area contributed by atoms with Gasteiger partial charge in [0.15, 0.2) is 17.3 Å². The Hall–Kier alpha value is -1.00. The molecule has 5 heteroatoms. The molecule has 0 spiro atoms. The van der Waals surface area contributed by atoms with Crippen LogP contribution in [0.5, 0.6) is 11.5 Å². The molecule has 0 saturated heterocycles. The van der Waals surface area contributed by atoms with Crippen molar-refractivity contribution in [3.8, 4) is 11.5 Å². The van der Waals surface area contributed by atoms with Gasteiger partial charge in [-0.3, -0.25) is 0 Å². The number of fused-ring (bicyclic) bond motifs is 1. The largest absolute Gasteiger partial charge is 0.454 e. The Morgan fingerprint density at radius 3 is 2.93 bits per heavy atom. The number of hydrogen-bond donors (Lipinski definition) is 1. The van der Waals surface area contributed by atoms with Gasteiger partial charge in [0.05, 0.1) is 6.10 Å². The number of halogens is 2. The molecule has 1 unspecified atom stereocenters. The molecule has 1 heterocycles. The van der Waals surface area contributed by atoms with Crippen molar-refractivity contribution in [1.29, 1.82) is 0 Å². The molecule has 0 radical (unpaired) electrons. The van der Waals surface area contributed by atoms with Gasteiger partial charge in [-0.05, 0) is 13.0 Å². The van der Waals surface area contributed by atoms with Gasteiger partial charge in [0.25, 0.3) is 0 Å². The first-order valence-electron chi connectivity index (χ1n) is 4.07. The Balaban J connectivity index is 2.61. The quantitative estimate of drug-likeness (QED) is 0.786. The molecule has 0 saturated carbocycles. The van der Waals surface area contributed by atoms with E-state index in [0.717, 1.165) is 0 Å². The topological polar surface area (TPSA) is 38.7 Å². The summed E-state index contributed by atoms with van der Waals surface area (Å²) in [5.74, 6) is -0.0909. The Kier molecular flexibility index (Phi) is 2.25. The minimum atomic E-state index is -0.929. The van der Waals surface area contributed by atoms with Gasteiger partial charge in [-0.25, -0.2) is 4.39 Å². The molecule has 1 N–H and O–H groups in total. The maximum Gasteiger partial charge on any atom is 0.231 e. The molecule has 3 nitrogen and oxygen atoms in total. The first-order chi connectivity index (χ1) is 6.61. The molecular formula is C9H8ClFO3. The number of rotatable bonds is 1. The minimum Gasteiger partial charge on any atom is -0.454 e. The first-order valence-corrected chi connectivity index (χ1v) is 4.44. The van der Waals surface area contributed by atoms with Crippen LogP contribution in [-0.2, 0) is 0 Å². The van der Waals surface area contributed by atoms with E-state index in [1.54, 1.807) is 0 Å². The molecule has 1 aliphatic heterocycles. The number of benzene rings is 1. The summed E-state index contributed by atoms with van der Waals surface area (Å²) in [5, 5.41) is 9.12. The highest BCUT2D eigenvalue weighted by Crippen LogP contribution is 2.43. The zero-order chi connectivity index (χ0) is 10.3. The van der Waals surface area contributed by atoms with Crippen molar-refractivity contribution in [3.05, 3.63) is 22.5 Å². The fourth-order valence-electron chi connectivity index (χ4n) is 1.30. The summed E-state index contributed by atoms with van der Waals surface area (Å²) in [6.07, 6.45) is -0.929. The molecule has 76 valence electrons. The molecule has 0 aromatic heterocycles. The lowest BCUT2D eigenvalue weighted by molar-refractivity contribution is 0.173. The third-order valence-corrected chi connectivity index (χ3v) is 2.36. The predicted molar refractivity (Wildman–Crippen MR) is 48.2 cm³/mol. The van der Waals surface area contributed by atoms with E-state index in [0.29, 0.717) is 5.75 Å². The number of ether oxygens (including phenoxy) is 2. The summed E-state index contributed by atoms with van der Waals surface area (Å²) in [4.78, 5) is 0. The van der Waals surface area contributed by atoms with Gasteiger partial charge >= 0.3 is 0 Å². The van der Waals surface area contributed by atoms with E-state index in [1.807, 2.05) is 0 Å². The summed E-state index contributed by atoms with van der Waals surface area (Å²) in [6.45, 7) is 1.48. The lowest BCUT2D eigenvalue weighted by Gasteiger charge is -2.09. The molecule has 1 atom stereocenters. The van der Waals surface area contributed by atoms with E-state index in [2.05, 4.69) is 0 Å². The average Bonchev–Trinajstić information content (AvgIpc) is 2.58. The van der Waals surface area contributed by atoms with Crippen molar-refractivity contribution in [3.63, 3.8) is 0 Å². The van der Waals surface area contributed by atoms with E-state index in [9.17, 15) is 9.50 Å². The zero-order valence-corrected chi connectivity index (χ0v) is 8.14. The van der Waals surface area contributed by atoms with Gasteiger partial charge in [-0.15, -0.1) is 0 Å². The first kappa shape index (κ1) is 9.55. The van der Waals surface area contributed by atoms with Crippen LogP contribution in [0.4, 0.5) is 4.39 Å². The van der Waals surface area contributed by atoms with Crippen molar-refractivity contribution >= 4 is 11.6 Å². The van der Waals surface area contributed by atoms with Gasteiger partial charge in [-0.1, -0.05) is 11.6 Å². The van der Waals surface area contributed by atoms with Crippen LogP contribution >= 0.6 is 11.6 Å². The minimum absolute atomic E-state index is 0.0256. The molecular weight excluding hydrogens is 211 g/mol. The van der Waals surface area contributed by atoms with Crippen LogP contribution in [0.2, 0.25) is 5.02 Å². The second-order valence-electron chi connectivity index (χ2n) is 3.00. The van der Waals surface area contributed by atoms with Gasteiger partial charge in [0.2, 0.25) is 6.79 Å². The summed E-state index contributed by atoms with van der Waals surface area (Å²) >= 11 is 5.70. The molecule has 0 aliphatic carbocycles. The molecule has 0 fully saturated rings. The van der Waals surface area contributed by atoms with Crippen LogP contribution in [0, 0.1) is 5.82 Å². The van der Waals surface area contributed by atoms with E-state index in [1.165, 1.54) is 13.0 Å². The highest BCUT2D eigenvalue weighted by molar-refractivity contribution is 6.32. The van der Waals surface area contributed by atoms with Crippen LogP contribution in [0.25, 0.3) is 0 Å². The van der Waals surface area contributed by atoms with Crippen LogP contribution < -0.4 is 9.47 Å². The van der Waals surface area contributed by atoms with Gasteiger partial charge in [-0.2, -0.15) is 0 Å². The second-order valence-corrected chi connectivity index (χ2v) is 3.38. The SMILES string of the molecule is CC(O)c1cc2c(c(Cl)c1F)OCO2. The van der Waals surface area contributed by atoms with Crippen LogP contribution in [-0.4, -0.2) is 11.9 Å². The van der Waals surface area contributed by atoms with Crippen LogP contribution in [0.1, 0.15) is 18.6 Å². The third-order valence-electron chi connectivity index (χ3n) is 2.02. The smallest absolute Gasteiger partial charge is 0.231 e. The van der Waals surface area contributed by atoms with Crippen molar-refractivity contribution < 1.29 is 19.0 Å². The fraction of sp³-hybridized carbons (Fsp3) is 0.333. The van der Waals surface area contributed by atoms with Crippen molar-refractivity contribution in [1.82, 2.24) is 0 Å². The van der Waals surface area contributed by atoms with E-state index in [-0.39, 0.29) is 23.1 Å². The van der Waals surface area contributed by atoms with Crippen LogP contribution in [0.15, 0.2) is 6.07 Å². The van der Waals surface area contributed by atoms with Crippen molar-refractivity contribution in [2.75, 3.05) is 6.79 Å². The maximum absolute atomic E-state index is 13.5. The summed E-state index contributed by atoms with van der Waals surface area (Å²) in [7, 11) is 0. The second kappa shape index (κ2) is 3.29. The molecule has 1 aromatic carbocycles. The Bertz CT molecular complexity index is 379. The van der Waals surface area contributed by atoms with Crippen molar-refractivity contribution in [2.45, 2.75) is 13.0 Å². The normalized spacial score (nSPS) is 15.7. The lowest BCUT2D eigenvalue weighted by Crippen LogP contribution is -1.97. The third kappa shape index (κ3) is 1.31. The molecule has 0 amide bonds. The van der Waals surface area contributed by atoms with Crippen molar-refractivity contribution in [2.24, 2.45) is 0 Å². The number of aliphatic hydroxyl groups is 1. The standard InChI is InChI=1S/C9H8ClFO3/c1-4(12)5-2-6-9(14-3-13-6)7(10)8(5)11/h2,4,12H,3H2,1H3.